The number of rotatable bonds is 1. The molecule has 2 saturated heterocycles. The normalized spacial score (nSPS) is 27.2. The molecule has 1 aromatic rings. The van der Waals surface area contributed by atoms with Crippen molar-refractivity contribution in [2.75, 3.05) is 19.6 Å². The highest BCUT2D eigenvalue weighted by Gasteiger charge is 2.40. The first-order valence-electron chi connectivity index (χ1n) is 5.88. The lowest BCUT2D eigenvalue weighted by atomic mass is 10.0. The summed E-state index contributed by atoms with van der Waals surface area (Å²) in [5, 5.41) is 3.28. The Morgan fingerprint density at radius 1 is 1.53 bits per heavy atom. The number of fused-ring (bicyclic) bond motifs is 1. The van der Waals surface area contributed by atoms with E-state index < -0.39 is 5.82 Å². The summed E-state index contributed by atoms with van der Waals surface area (Å²) in [5.41, 5.74) is 0.132. The maximum Gasteiger partial charge on any atom is 0.257 e. The Balaban J connectivity index is 1.85. The molecular formula is C12H14FN3O. The van der Waals surface area contributed by atoms with Crippen LogP contribution in [0.4, 0.5) is 4.39 Å². The van der Waals surface area contributed by atoms with Gasteiger partial charge in [0, 0.05) is 31.9 Å². The summed E-state index contributed by atoms with van der Waals surface area (Å²) in [6.45, 7) is 2.52. The summed E-state index contributed by atoms with van der Waals surface area (Å²) >= 11 is 0. The lowest BCUT2D eigenvalue weighted by Gasteiger charge is -2.23. The monoisotopic (exact) mass is 235 g/mol. The second-order valence-corrected chi connectivity index (χ2v) is 4.63. The fourth-order valence-corrected chi connectivity index (χ4v) is 2.80. The van der Waals surface area contributed by atoms with Crippen LogP contribution < -0.4 is 5.32 Å². The molecule has 90 valence electrons. The Labute approximate surface area is 98.8 Å². The van der Waals surface area contributed by atoms with Crippen molar-refractivity contribution in [2.45, 2.75) is 12.5 Å². The topological polar surface area (TPSA) is 45.2 Å². The predicted molar refractivity (Wildman–Crippen MR) is 60.0 cm³/mol. The molecule has 17 heavy (non-hydrogen) atoms. The van der Waals surface area contributed by atoms with Gasteiger partial charge in [0.1, 0.15) is 0 Å². The number of carbonyl (C=O) groups excluding carboxylic acids is 1. The molecule has 0 spiro atoms. The second kappa shape index (κ2) is 4.07. The molecule has 0 radical (unpaired) electrons. The summed E-state index contributed by atoms with van der Waals surface area (Å²) in [7, 11) is 0. The van der Waals surface area contributed by atoms with Gasteiger partial charge in [-0.3, -0.25) is 9.78 Å². The Bertz CT molecular complexity index is 451. The van der Waals surface area contributed by atoms with Crippen molar-refractivity contribution in [3.63, 3.8) is 0 Å². The second-order valence-electron chi connectivity index (χ2n) is 4.63. The first-order chi connectivity index (χ1) is 8.27. The summed E-state index contributed by atoms with van der Waals surface area (Å²) in [5.74, 6) is -0.211. The van der Waals surface area contributed by atoms with Gasteiger partial charge in [0.15, 0.2) is 5.82 Å². The highest BCUT2D eigenvalue weighted by atomic mass is 19.1. The zero-order valence-electron chi connectivity index (χ0n) is 9.40. The number of pyridine rings is 1. The molecule has 0 unspecified atom stereocenters. The lowest BCUT2D eigenvalue weighted by Crippen LogP contribution is -2.39. The number of aromatic nitrogens is 1. The smallest absolute Gasteiger partial charge is 0.257 e. The van der Waals surface area contributed by atoms with Gasteiger partial charge in [-0.05, 0) is 18.4 Å². The minimum atomic E-state index is -0.535. The molecule has 2 aliphatic rings. The molecule has 4 nitrogen and oxygen atoms in total. The molecule has 5 heteroatoms. The van der Waals surface area contributed by atoms with E-state index in [-0.39, 0.29) is 17.5 Å². The van der Waals surface area contributed by atoms with Crippen molar-refractivity contribution >= 4 is 5.91 Å². The molecule has 0 aliphatic carbocycles. The fourth-order valence-electron chi connectivity index (χ4n) is 2.80. The van der Waals surface area contributed by atoms with Crippen molar-refractivity contribution in [1.29, 1.82) is 0 Å². The standard InChI is InChI=1S/C12H14FN3O/c13-10-6-14-3-1-9(10)12(17)16-4-2-8-5-15-7-11(8)16/h1,3,6,8,11,15H,2,4-5,7H2/t8-,11+/m0/s1. The number of nitrogens with zero attached hydrogens (tertiary/aromatic N) is 2. The maximum atomic E-state index is 13.5. The van der Waals surface area contributed by atoms with Crippen molar-refractivity contribution in [1.82, 2.24) is 15.2 Å². The average Bonchev–Trinajstić information content (AvgIpc) is 2.90. The van der Waals surface area contributed by atoms with Gasteiger partial charge in [-0.15, -0.1) is 0 Å². The lowest BCUT2D eigenvalue weighted by molar-refractivity contribution is 0.0732. The van der Waals surface area contributed by atoms with E-state index in [2.05, 4.69) is 10.3 Å². The maximum absolute atomic E-state index is 13.5. The van der Waals surface area contributed by atoms with Gasteiger partial charge in [-0.2, -0.15) is 0 Å². The van der Waals surface area contributed by atoms with Gasteiger partial charge in [0.2, 0.25) is 0 Å². The van der Waals surface area contributed by atoms with Crippen molar-refractivity contribution < 1.29 is 9.18 Å². The van der Waals surface area contributed by atoms with Crippen molar-refractivity contribution in [3.8, 4) is 0 Å². The van der Waals surface area contributed by atoms with E-state index in [1.54, 1.807) is 4.90 Å². The van der Waals surface area contributed by atoms with E-state index in [9.17, 15) is 9.18 Å². The summed E-state index contributed by atoms with van der Waals surface area (Å²) in [4.78, 5) is 17.7. The molecular weight excluding hydrogens is 221 g/mol. The van der Waals surface area contributed by atoms with E-state index in [4.69, 9.17) is 0 Å². The van der Waals surface area contributed by atoms with Crippen molar-refractivity contribution in [3.05, 3.63) is 29.8 Å². The molecule has 2 aliphatic heterocycles. The Morgan fingerprint density at radius 2 is 2.41 bits per heavy atom. The zero-order chi connectivity index (χ0) is 11.8. The Kier molecular flexibility index (Phi) is 2.55. The molecule has 1 N–H and O–H groups in total. The quantitative estimate of drug-likeness (QED) is 0.777. The van der Waals surface area contributed by atoms with E-state index in [0.29, 0.717) is 5.92 Å². The molecule has 0 bridgehead atoms. The Hall–Kier alpha value is -1.49. The fraction of sp³-hybridized carbons (Fsp3) is 0.500. The van der Waals surface area contributed by atoms with Crippen LogP contribution in [-0.4, -0.2) is 41.5 Å². The molecule has 3 rings (SSSR count). The number of amides is 1. The van der Waals surface area contributed by atoms with Crippen LogP contribution in [0.3, 0.4) is 0 Å². The summed E-state index contributed by atoms with van der Waals surface area (Å²) in [6, 6.07) is 1.68. The largest absolute Gasteiger partial charge is 0.334 e. The van der Waals surface area contributed by atoms with Crippen LogP contribution in [0.5, 0.6) is 0 Å². The summed E-state index contributed by atoms with van der Waals surface area (Å²) in [6.07, 6.45) is 3.56. The van der Waals surface area contributed by atoms with E-state index in [1.807, 2.05) is 0 Å². The van der Waals surface area contributed by atoms with Crippen LogP contribution in [0.25, 0.3) is 0 Å². The van der Waals surface area contributed by atoms with Gasteiger partial charge < -0.3 is 10.2 Å². The van der Waals surface area contributed by atoms with Crippen LogP contribution in [0.2, 0.25) is 0 Å². The first kappa shape index (κ1) is 10.7. The van der Waals surface area contributed by atoms with Crippen LogP contribution in [-0.2, 0) is 0 Å². The number of carbonyl (C=O) groups is 1. The third-order valence-corrected chi connectivity index (χ3v) is 3.71. The summed E-state index contributed by atoms with van der Waals surface area (Å²) < 4.78 is 13.5. The molecule has 2 atom stereocenters. The van der Waals surface area contributed by atoms with Gasteiger partial charge >= 0.3 is 0 Å². The zero-order valence-corrected chi connectivity index (χ0v) is 9.40. The van der Waals surface area contributed by atoms with Crippen LogP contribution in [0.1, 0.15) is 16.8 Å². The highest BCUT2D eigenvalue weighted by molar-refractivity contribution is 5.94. The van der Waals surface area contributed by atoms with Gasteiger partial charge in [0.25, 0.3) is 5.91 Å². The molecule has 1 aromatic heterocycles. The van der Waals surface area contributed by atoms with Crippen molar-refractivity contribution in [2.24, 2.45) is 5.92 Å². The van der Waals surface area contributed by atoms with Crippen LogP contribution >= 0.6 is 0 Å². The SMILES string of the molecule is O=C(c1ccncc1F)N1CC[C@H]2CNC[C@H]21. The Morgan fingerprint density at radius 3 is 3.24 bits per heavy atom. The molecule has 0 saturated carbocycles. The molecule has 0 aromatic carbocycles. The van der Waals surface area contributed by atoms with Gasteiger partial charge in [-0.25, -0.2) is 4.39 Å². The van der Waals surface area contributed by atoms with E-state index in [0.717, 1.165) is 32.3 Å². The predicted octanol–water partition coefficient (Wildman–Crippen LogP) is 0.655. The third kappa shape index (κ3) is 1.70. The minimum absolute atomic E-state index is 0.132. The molecule has 3 heterocycles. The number of hydrogen-bond acceptors (Lipinski definition) is 3. The van der Waals surface area contributed by atoms with Crippen LogP contribution in [0.15, 0.2) is 18.5 Å². The van der Waals surface area contributed by atoms with Gasteiger partial charge in [-0.1, -0.05) is 0 Å². The van der Waals surface area contributed by atoms with Gasteiger partial charge in [0.05, 0.1) is 11.8 Å². The number of likely N-dealkylation sites (tertiary alicyclic amines) is 1. The molecule has 2 fully saturated rings. The first-order valence-corrected chi connectivity index (χ1v) is 5.88. The highest BCUT2D eigenvalue weighted by Crippen LogP contribution is 2.28. The number of halogens is 1. The number of nitrogens with one attached hydrogen (secondary N) is 1. The van der Waals surface area contributed by atoms with E-state index >= 15 is 0 Å². The third-order valence-electron chi connectivity index (χ3n) is 3.71. The molecule has 1 amide bonds. The minimum Gasteiger partial charge on any atom is -0.334 e. The van der Waals surface area contributed by atoms with E-state index in [1.165, 1.54) is 12.3 Å². The average molecular weight is 235 g/mol. The number of hydrogen-bond donors (Lipinski definition) is 1. The van der Waals surface area contributed by atoms with Crippen LogP contribution in [0, 0.1) is 11.7 Å².